The number of ether oxygens (including phenoxy) is 1. The molecule has 0 radical (unpaired) electrons. The minimum absolute atomic E-state index is 0.109. The van der Waals surface area contributed by atoms with Crippen molar-refractivity contribution in [2.45, 2.75) is 18.9 Å². The van der Waals surface area contributed by atoms with Gasteiger partial charge < -0.3 is 9.64 Å². The summed E-state index contributed by atoms with van der Waals surface area (Å²) < 4.78 is 18.5. The molecule has 1 aliphatic rings. The molecule has 15 heavy (non-hydrogen) atoms. The molecule has 82 valence electrons. The van der Waals surface area contributed by atoms with E-state index in [-0.39, 0.29) is 5.88 Å². The van der Waals surface area contributed by atoms with E-state index in [0.29, 0.717) is 12.6 Å². The Morgan fingerprint density at radius 2 is 2.53 bits per heavy atom. The lowest BCUT2D eigenvalue weighted by Gasteiger charge is -2.19. The minimum atomic E-state index is -0.391. The topological polar surface area (TPSA) is 25.4 Å². The maximum absolute atomic E-state index is 13.2. The third-order valence-corrected chi connectivity index (χ3v) is 2.81. The van der Waals surface area contributed by atoms with Gasteiger partial charge in [0.2, 0.25) is 5.88 Å². The molecule has 0 saturated carbocycles. The molecule has 2 heterocycles. The predicted molar refractivity (Wildman–Crippen MR) is 55.3 cm³/mol. The van der Waals surface area contributed by atoms with Crippen molar-refractivity contribution in [3.8, 4) is 5.88 Å². The Hall–Kier alpha value is -1.16. The number of aromatic nitrogens is 1. The highest BCUT2D eigenvalue weighted by Gasteiger charge is 2.21. The number of hydrogen-bond donors (Lipinski definition) is 0. The summed E-state index contributed by atoms with van der Waals surface area (Å²) in [4.78, 5) is 6.09. The number of rotatable bonds is 3. The van der Waals surface area contributed by atoms with Crippen LogP contribution in [0.15, 0.2) is 18.3 Å². The van der Waals surface area contributed by atoms with Gasteiger partial charge in [-0.3, -0.25) is 0 Å². The summed E-state index contributed by atoms with van der Waals surface area (Å²) >= 11 is 0. The van der Waals surface area contributed by atoms with Crippen LogP contribution in [0.3, 0.4) is 0 Å². The molecule has 0 N–H and O–H groups in total. The van der Waals surface area contributed by atoms with Crippen molar-refractivity contribution in [3.63, 3.8) is 0 Å². The monoisotopic (exact) mass is 210 g/mol. The lowest BCUT2D eigenvalue weighted by molar-refractivity contribution is 0.187. The summed E-state index contributed by atoms with van der Waals surface area (Å²) in [5.74, 6) is -0.282. The largest absolute Gasteiger partial charge is 0.474 e. The van der Waals surface area contributed by atoms with Crippen LogP contribution in [0.1, 0.15) is 12.8 Å². The third kappa shape index (κ3) is 2.45. The highest BCUT2D eigenvalue weighted by molar-refractivity contribution is 5.12. The van der Waals surface area contributed by atoms with Crippen LogP contribution in [0.2, 0.25) is 0 Å². The average Bonchev–Trinajstić information content (AvgIpc) is 2.63. The number of halogens is 1. The zero-order chi connectivity index (χ0) is 10.7. The van der Waals surface area contributed by atoms with Crippen LogP contribution in [0, 0.1) is 5.82 Å². The van der Waals surface area contributed by atoms with Crippen molar-refractivity contribution >= 4 is 0 Å². The van der Waals surface area contributed by atoms with Gasteiger partial charge >= 0.3 is 0 Å². The van der Waals surface area contributed by atoms with E-state index in [2.05, 4.69) is 16.9 Å². The molecule has 1 saturated heterocycles. The van der Waals surface area contributed by atoms with Gasteiger partial charge in [0.15, 0.2) is 5.82 Å². The molecule has 0 bridgehead atoms. The molecular formula is C11H15FN2O. The van der Waals surface area contributed by atoms with E-state index >= 15 is 0 Å². The summed E-state index contributed by atoms with van der Waals surface area (Å²) in [5, 5.41) is 0. The van der Waals surface area contributed by atoms with Crippen LogP contribution in [0.25, 0.3) is 0 Å². The quantitative estimate of drug-likeness (QED) is 0.759. The number of pyridine rings is 1. The lowest BCUT2D eigenvalue weighted by atomic mass is 10.2. The summed E-state index contributed by atoms with van der Waals surface area (Å²) in [7, 11) is 2.07. The zero-order valence-corrected chi connectivity index (χ0v) is 8.82. The van der Waals surface area contributed by atoms with Gasteiger partial charge in [-0.1, -0.05) is 0 Å². The molecule has 2 rings (SSSR count). The molecule has 1 aromatic heterocycles. The molecular weight excluding hydrogens is 195 g/mol. The highest BCUT2D eigenvalue weighted by atomic mass is 19.1. The molecule has 1 unspecified atom stereocenters. The normalized spacial score (nSPS) is 21.9. The smallest absolute Gasteiger partial charge is 0.250 e. The van der Waals surface area contributed by atoms with Crippen LogP contribution in [0.4, 0.5) is 4.39 Å². The van der Waals surface area contributed by atoms with Crippen molar-refractivity contribution in [2.75, 3.05) is 20.2 Å². The predicted octanol–water partition coefficient (Wildman–Crippen LogP) is 1.69. The van der Waals surface area contributed by atoms with E-state index in [0.717, 1.165) is 13.0 Å². The zero-order valence-electron chi connectivity index (χ0n) is 8.82. The van der Waals surface area contributed by atoms with Crippen LogP contribution in [0.5, 0.6) is 5.88 Å². The highest BCUT2D eigenvalue weighted by Crippen LogP contribution is 2.17. The summed E-state index contributed by atoms with van der Waals surface area (Å²) in [6.07, 6.45) is 3.84. The van der Waals surface area contributed by atoms with Crippen molar-refractivity contribution in [2.24, 2.45) is 0 Å². The standard InChI is InChI=1S/C11H15FN2O/c1-14-7-3-4-9(14)8-15-11-10(12)5-2-6-13-11/h2,5-6,9H,3-4,7-8H2,1H3. The number of likely N-dealkylation sites (N-methyl/N-ethyl adjacent to an activating group) is 1. The Morgan fingerprint density at radius 1 is 1.67 bits per heavy atom. The van der Waals surface area contributed by atoms with Gasteiger partial charge in [-0.05, 0) is 38.6 Å². The van der Waals surface area contributed by atoms with E-state index in [9.17, 15) is 4.39 Å². The number of hydrogen-bond acceptors (Lipinski definition) is 3. The first-order valence-corrected chi connectivity index (χ1v) is 5.21. The van der Waals surface area contributed by atoms with E-state index < -0.39 is 5.82 Å². The summed E-state index contributed by atoms with van der Waals surface area (Å²) in [6.45, 7) is 1.61. The van der Waals surface area contributed by atoms with Gasteiger partial charge in [0, 0.05) is 12.2 Å². The van der Waals surface area contributed by atoms with Crippen LogP contribution >= 0.6 is 0 Å². The first kappa shape index (κ1) is 10.4. The Kier molecular flexibility index (Phi) is 3.16. The molecule has 4 heteroatoms. The Labute approximate surface area is 88.9 Å². The lowest BCUT2D eigenvalue weighted by Crippen LogP contribution is -2.30. The summed E-state index contributed by atoms with van der Waals surface area (Å²) in [6, 6.07) is 3.32. The van der Waals surface area contributed by atoms with Crippen molar-refractivity contribution in [1.82, 2.24) is 9.88 Å². The minimum Gasteiger partial charge on any atom is -0.474 e. The molecule has 1 aromatic rings. The fourth-order valence-corrected chi connectivity index (χ4v) is 1.84. The number of likely N-dealkylation sites (tertiary alicyclic amines) is 1. The molecule has 0 aliphatic carbocycles. The second kappa shape index (κ2) is 4.57. The second-order valence-corrected chi connectivity index (χ2v) is 3.88. The first-order valence-electron chi connectivity index (χ1n) is 5.21. The number of nitrogens with zero attached hydrogens (tertiary/aromatic N) is 2. The Morgan fingerprint density at radius 3 is 3.20 bits per heavy atom. The fraction of sp³-hybridized carbons (Fsp3) is 0.545. The van der Waals surface area contributed by atoms with E-state index in [4.69, 9.17) is 4.74 Å². The van der Waals surface area contributed by atoms with Gasteiger partial charge in [0.05, 0.1) is 0 Å². The Balaban J connectivity index is 1.90. The second-order valence-electron chi connectivity index (χ2n) is 3.88. The van der Waals surface area contributed by atoms with Gasteiger partial charge in [-0.2, -0.15) is 0 Å². The van der Waals surface area contributed by atoms with Gasteiger partial charge in [-0.25, -0.2) is 9.37 Å². The molecule has 1 atom stereocenters. The molecule has 0 amide bonds. The third-order valence-electron chi connectivity index (χ3n) is 2.81. The molecule has 0 aromatic carbocycles. The molecule has 1 fully saturated rings. The van der Waals surface area contributed by atoms with Crippen LogP contribution in [-0.2, 0) is 0 Å². The van der Waals surface area contributed by atoms with Gasteiger partial charge in [0.1, 0.15) is 6.61 Å². The molecule has 1 aliphatic heterocycles. The van der Waals surface area contributed by atoms with Crippen molar-refractivity contribution in [3.05, 3.63) is 24.1 Å². The van der Waals surface area contributed by atoms with Crippen LogP contribution in [-0.4, -0.2) is 36.1 Å². The first-order chi connectivity index (χ1) is 7.27. The van der Waals surface area contributed by atoms with E-state index in [1.54, 1.807) is 6.07 Å². The maximum atomic E-state index is 13.2. The maximum Gasteiger partial charge on any atom is 0.250 e. The van der Waals surface area contributed by atoms with E-state index in [1.807, 2.05) is 0 Å². The SMILES string of the molecule is CN1CCCC1COc1ncccc1F. The van der Waals surface area contributed by atoms with Crippen LogP contribution < -0.4 is 4.74 Å². The van der Waals surface area contributed by atoms with Gasteiger partial charge in [-0.15, -0.1) is 0 Å². The Bertz CT molecular complexity index is 332. The summed E-state index contributed by atoms with van der Waals surface area (Å²) in [5.41, 5.74) is 0. The van der Waals surface area contributed by atoms with Crippen molar-refractivity contribution in [1.29, 1.82) is 0 Å². The average molecular weight is 210 g/mol. The molecule has 3 nitrogen and oxygen atoms in total. The van der Waals surface area contributed by atoms with Gasteiger partial charge in [0.25, 0.3) is 0 Å². The fourth-order valence-electron chi connectivity index (χ4n) is 1.84. The van der Waals surface area contributed by atoms with E-state index in [1.165, 1.54) is 18.7 Å². The van der Waals surface area contributed by atoms with Crippen molar-refractivity contribution < 1.29 is 9.13 Å². The molecule has 0 spiro atoms.